The number of aromatic nitrogens is 4. The molecule has 2 N–H and O–H groups in total. The van der Waals surface area contributed by atoms with Crippen LogP contribution in [0.25, 0.3) is 26.6 Å². The standard InChI is InChI=1S/C27H28N6O4S/c1-26(2,3)20-13-21(32-37-20)30-24(34)28-17-7-5-16(6-8-17)18-14-33-19-9-10-22(31-23(19)38-25(33)29-18)36-15-27(35-4)11-12-27/h5-10,13-14H,11-12,15H2,1-4H3,(H2,28,30,32,34). The van der Waals surface area contributed by atoms with Gasteiger partial charge in [-0.05, 0) is 31.0 Å². The number of urea groups is 1. The van der Waals surface area contributed by atoms with Crippen LogP contribution in [0.3, 0.4) is 0 Å². The number of ether oxygens (including phenoxy) is 2. The Morgan fingerprint density at radius 2 is 1.92 bits per heavy atom. The summed E-state index contributed by atoms with van der Waals surface area (Å²) in [4.78, 5) is 23.6. The van der Waals surface area contributed by atoms with Gasteiger partial charge in [-0.25, -0.2) is 14.8 Å². The maximum absolute atomic E-state index is 12.4. The van der Waals surface area contributed by atoms with Crippen molar-refractivity contribution >= 4 is 44.2 Å². The van der Waals surface area contributed by atoms with Crippen LogP contribution in [0.1, 0.15) is 39.4 Å². The Bertz CT molecular complexity index is 1630. The minimum atomic E-state index is -0.397. The Kier molecular flexibility index (Phi) is 5.84. The zero-order valence-corrected chi connectivity index (χ0v) is 22.4. The number of nitrogens with one attached hydrogen (secondary N) is 2. The van der Waals surface area contributed by atoms with Crippen LogP contribution in [0.5, 0.6) is 5.88 Å². The number of methoxy groups -OCH3 is 1. The molecule has 1 fully saturated rings. The van der Waals surface area contributed by atoms with Crippen molar-refractivity contribution < 1.29 is 18.8 Å². The number of thiazole rings is 1. The molecule has 0 bridgehead atoms. The molecule has 1 aliphatic rings. The highest BCUT2D eigenvalue weighted by molar-refractivity contribution is 7.23. The first-order valence-electron chi connectivity index (χ1n) is 12.3. The number of amides is 2. The molecule has 196 valence electrons. The molecule has 0 radical (unpaired) electrons. The molecule has 1 aliphatic carbocycles. The number of hydrogen-bond acceptors (Lipinski definition) is 8. The molecule has 1 aromatic carbocycles. The van der Waals surface area contributed by atoms with Crippen LogP contribution in [-0.2, 0) is 10.2 Å². The molecule has 0 unspecified atom stereocenters. The van der Waals surface area contributed by atoms with Crippen LogP contribution in [-0.4, -0.2) is 44.9 Å². The van der Waals surface area contributed by atoms with E-state index >= 15 is 0 Å². The molecule has 5 aromatic rings. The third-order valence-corrected chi connectivity index (χ3v) is 7.55. The Labute approximate surface area is 223 Å². The number of imidazole rings is 1. The van der Waals surface area contributed by atoms with Crippen molar-refractivity contribution in [2.75, 3.05) is 24.4 Å². The number of carbonyl (C=O) groups excluding carboxylic acids is 1. The fraction of sp³-hybridized carbons (Fsp3) is 0.333. The Hall–Kier alpha value is -3.96. The molecule has 0 spiro atoms. The number of carbonyl (C=O) groups is 1. The molecular formula is C27H28N6O4S. The molecule has 4 aromatic heterocycles. The summed E-state index contributed by atoms with van der Waals surface area (Å²) >= 11 is 1.51. The lowest BCUT2D eigenvalue weighted by Crippen LogP contribution is -2.21. The first-order chi connectivity index (χ1) is 18.2. The van der Waals surface area contributed by atoms with Gasteiger partial charge in [-0.3, -0.25) is 9.72 Å². The highest BCUT2D eigenvalue weighted by atomic mass is 32.1. The van der Waals surface area contributed by atoms with E-state index < -0.39 is 6.03 Å². The predicted molar refractivity (Wildman–Crippen MR) is 146 cm³/mol. The maximum atomic E-state index is 12.4. The highest BCUT2D eigenvalue weighted by Gasteiger charge is 2.44. The van der Waals surface area contributed by atoms with E-state index in [4.69, 9.17) is 19.0 Å². The molecule has 0 aliphatic heterocycles. The van der Waals surface area contributed by atoms with Gasteiger partial charge < -0.3 is 19.3 Å². The fourth-order valence-corrected chi connectivity index (χ4v) is 5.00. The second kappa shape index (κ2) is 9.10. The van der Waals surface area contributed by atoms with Crippen LogP contribution in [0.4, 0.5) is 16.3 Å². The van der Waals surface area contributed by atoms with Gasteiger partial charge >= 0.3 is 6.03 Å². The summed E-state index contributed by atoms with van der Waals surface area (Å²) in [6.07, 6.45) is 4.03. The molecule has 6 rings (SSSR count). The second-order valence-electron chi connectivity index (χ2n) is 10.5. The summed E-state index contributed by atoms with van der Waals surface area (Å²) in [6, 6.07) is 12.7. The van der Waals surface area contributed by atoms with E-state index in [-0.39, 0.29) is 11.0 Å². The SMILES string of the molecule is COC1(COc2ccc3c(n2)sc2nc(-c4ccc(NC(=O)Nc5cc(C(C)(C)C)on5)cc4)cn23)CC1. The van der Waals surface area contributed by atoms with Crippen molar-refractivity contribution in [3.05, 3.63) is 54.4 Å². The van der Waals surface area contributed by atoms with E-state index in [0.717, 1.165) is 39.4 Å². The van der Waals surface area contributed by atoms with Gasteiger partial charge in [-0.1, -0.05) is 49.4 Å². The number of hydrogen-bond donors (Lipinski definition) is 2. The Morgan fingerprint density at radius 3 is 2.61 bits per heavy atom. The summed E-state index contributed by atoms with van der Waals surface area (Å²) in [6.45, 7) is 6.56. The third kappa shape index (κ3) is 4.82. The smallest absolute Gasteiger partial charge is 0.324 e. The Balaban J connectivity index is 1.12. The van der Waals surface area contributed by atoms with Gasteiger partial charge in [-0.2, -0.15) is 0 Å². The van der Waals surface area contributed by atoms with E-state index in [1.54, 1.807) is 13.2 Å². The van der Waals surface area contributed by atoms with Crippen LogP contribution in [0, 0.1) is 0 Å². The van der Waals surface area contributed by atoms with Crippen LogP contribution in [0.2, 0.25) is 0 Å². The van der Waals surface area contributed by atoms with E-state index in [1.165, 1.54) is 11.3 Å². The lowest BCUT2D eigenvalue weighted by Gasteiger charge is -2.13. The Morgan fingerprint density at radius 1 is 1.13 bits per heavy atom. The highest BCUT2D eigenvalue weighted by Crippen LogP contribution is 2.39. The monoisotopic (exact) mass is 532 g/mol. The summed E-state index contributed by atoms with van der Waals surface area (Å²) in [5.41, 5.74) is 3.07. The quantitative estimate of drug-likeness (QED) is 0.260. The molecule has 4 heterocycles. The van der Waals surface area contributed by atoms with Gasteiger partial charge in [0.25, 0.3) is 0 Å². The van der Waals surface area contributed by atoms with Gasteiger partial charge in [0.1, 0.15) is 22.8 Å². The van der Waals surface area contributed by atoms with E-state index in [1.807, 2.05) is 67.8 Å². The topological polar surface area (TPSA) is 116 Å². The second-order valence-corrected chi connectivity index (χ2v) is 11.5. The minimum Gasteiger partial charge on any atom is -0.475 e. The van der Waals surface area contributed by atoms with Crippen molar-refractivity contribution in [2.45, 2.75) is 44.6 Å². The normalized spacial score (nSPS) is 14.6. The van der Waals surface area contributed by atoms with Gasteiger partial charge in [0.2, 0.25) is 5.88 Å². The van der Waals surface area contributed by atoms with Crippen LogP contribution in [0.15, 0.2) is 53.2 Å². The first kappa shape index (κ1) is 24.4. The summed E-state index contributed by atoms with van der Waals surface area (Å²) in [5.74, 6) is 1.66. The third-order valence-electron chi connectivity index (χ3n) is 6.59. The number of nitrogens with zero attached hydrogens (tertiary/aromatic N) is 4. The summed E-state index contributed by atoms with van der Waals surface area (Å²) in [7, 11) is 1.72. The number of anilines is 2. The number of benzene rings is 1. The molecule has 1 saturated carbocycles. The van der Waals surface area contributed by atoms with Crippen LogP contribution < -0.4 is 15.4 Å². The molecule has 10 nitrogen and oxygen atoms in total. The predicted octanol–water partition coefficient (Wildman–Crippen LogP) is 6.10. The zero-order chi connectivity index (χ0) is 26.5. The van der Waals surface area contributed by atoms with Crippen molar-refractivity contribution in [2.24, 2.45) is 0 Å². The largest absolute Gasteiger partial charge is 0.475 e. The lowest BCUT2D eigenvalue weighted by molar-refractivity contribution is 0.0356. The minimum absolute atomic E-state index is 0.141. The van der Waals surface area contributed by atoms with Crippen molar-refractivity contribution in [3.63, 3.8) is 0 Å². The molecule has 0 saturated heterocycles. The van der Waals surface area contributed by atoms with Crippen molar-refractivity contribution in [3.8, 4) is 17.1 Å². The van der Waals surface area contributed by atoms with Gasteiger partial charge in [-0.15, -0.1) is 0 Å². The maximum Gasteiger partial charge on any atom is 0.324 e. The van der Waals surface area contributed by atoms with Gasteiger partial charge in [0.05, 0.1) is 11.2 Å². The van der Waals surface area contributed by atoms with Crippen LogP contribution >= 0.6 is 11.3 Å². The average Bonchev–Trinajstić information content (AvgIpc) is 3.16. The molecule has 0 atom stereocenters. The van der Waals surface area contributed by atoms with E-state index in [2.05, 4.69) is 20.8 Å². The summed E-state index contributed by atoms with van der Waals surface area (Å²) in [5, 5.41) is 9.42. The lowest BCUT2D eigenvalue weighted by atomic mass is 9.93. The van der Waals surface area contributed by atoms with Gasteiger partial charge in [0.15, 0.2) is 10.8 Å². The zero-order valence-electron chi connectivity index (χ0n) is 21.6. The molecule has 11 heteroatoms. The van der Waals surface area contributed by atoms with E-state index in [9.17, 15) is 4.79 Å². The molecular weight excluding hydrogens is 504 g/mol. The fourth-order valence-electron chi connectivity index (χ4n) is 4.03. The van der Waals surface area contributed by atoms with E-state index in [0.29, 0.717) is 29.8 Å². The van der Waals surface area contributed by atoms with Gasteiger partial charge in [0, 0.05) is 42.1 Å². The first-order valence-corrected chi connectivity index (χ1v) is 13.2. The van der Waals surface area contributed by atoms with Crippen molar-refractivity contribution in [1.29, 1.82) is 0 Å². The average molecular weight is 533 g/mol. The number of fused-ring (bicyclic) bond motifs is 3. The molecule has 38 heavy (non-hydrogen) atoms. The number of pyridine rings is 1. The molecule has 2 amide bonds. The summed E-state index contributed by atoms with van der Waals surface area (Å²) < 4.78 is 18.7. The van der Waals surface area contributed by atoms with Crippen molar-refractivity contribution in [1.82, 2.24) is 19.5 Å². The number of rotatable bonds is 7.